The summed E-state index contributed by atoms with van der Waals surface area (Å²) < 4.78 is 0. The van der Waals surface area contributed by atoms with Crippen LogP contribution in [0.2, 0.25) is 0 Å². The van der Waals surface area contributed by atoms with Crippen LogP contribution in [0.25, 0.3) is 6.08 Å². The molecule has 19 heavy (non-hydrogen) atoms. The first kappa shape index (κ1) is 13.0. The molecule has 2 N–H and O–H groups in total. The van der Waals surface area contributed by atoms with Crippen molar-refractivity contribution < 1.29 is 9.59 Å². The second-order valence-corrected chi connectivity index (χ2v) is 4.61. The first-order chi connectivity index (χ1) is 9.25. The van der Waals surface area contributed by atoms with Crippen molar-refractivity contribution in [3.8, 4) is 0 Å². The van der Waals surface area contributed by atoms with Crippen LogP contribution in [0.1, 0.15) is 15.2 Å². The summed E-state index contributed by atoms with van der Waals surface area (Å²) in [6, 6.07) is 12.9. The molecular weight excluding hydrogens is 260 g/mol. The van der Waals surface area contributed by atoms with Crippen molar-refractivity contribution in [2.45, 2.75) is 0 Å². The number of nitrogens with one attached hydrogen (secondary N) is 2. The van der Waals surface area contributed by atoms with Gasteiger partial charge in [0, 0.05) is 6.08 Å². The zero-order valence-electron chi connectivity index (χ0n) is 10.00. The summed E-state index contributed by atoms with van der Waals surface area (Å²) in [5.74, 6) is -0.703. The molecule has 0 bridgehead atoms. The van der Waals surface area contributed by atoms with Gasteiger partial charge in [-0.05, 0) is 23.1 Å². The van der Waals surface area contributed by atoms with Crippen LogP contribution in [0.3, 0.4) is 0 Å². The highest BCUT2D eigenvalue weighted by atomic mass is 32.1. The van der Waals surface area contributed by atoms with Gasteiger partial charge in [-0.15, -0.1) is 11.3 Å². The Morgan fingerprint density at radius 2 is 1.79 bits per heavy atom. The van der Waals surface area contributed by atoms with Crippen molar-refractivity contribution in [3.05, 3.63) is 64.4 Å². The molecular formula is C14H12N2O2S. The van der Waals surface area contributed by atoms with Gasteiger partial charge in [-0.25, -0.2) is 0 Å². The smallest absolute Gasteiger partial charge is 0.268 e. The number of thiophene rings is 1. The Morgan fingerprint density at radius 3 is 2.47 bits per heavy atom. The minimum atomic E-state index is -0.381. The molecule has 0 saturated heterocycles. The van der Waals surface area contributed by atoms with Crippen LogP contribution < -0.4 is 10.9 Å². The Morgan fingerprint density at radius 1 is 1.00 bits per heavy atom. The second-order valence-electron chi connectivity index (χ2n) is 3.66. The SMILES string of the molecule is O=C(/C=C\c1ccccc1)NNC(=O)c1cccs1. The van der Waals surface area contributed by atoms with Crippen molar-refractivity contribution in [2.75, 3.05) is 0 Å². The van der Waals surface area contributed by atoms with E-state index in [1.165, 1.54) is 17.4 Å². The highest BCUT2D eigenvalue weighted by molar-refractivity contribution is 7.12. The lowest BCUT2D eigenvalue weighted by molar-refractivity contribution is -0.117. The van der Waals surface area contributed by atoms with Crippen LogP contribution in [0.5, 0.6) is 0 Å². The van der Waals surface area contributed by atoms with E-state index in [0.717, 1.165) is 5.56 Å². The molecule has 0 atom stereocenters. The average molecular weight is 272 g/mol. The summed E-state index contributed by atoms with van der Waals surface area (Å²) in [6.45, 7) is 0. The summed E-state index contributed by atoms with van der Waals surface area (Å²) in [6.07, 6.45) is 3.04. The van der Waals surface area contributed by atoms with E-state index in [1.807, 2.05) is 30.3 Å². The van der Waals surface area contributed by atoms with Crippen LogP contribution in [0.15, 0.2) is 53.9 Å². The van der Waals surface area contributed by atoms with E-state index in [2.05, 4.69) is 10.9 Å². The quantitative estimate of drug-likeness (QED) is 0.665. The summed E-state index contributed by atoms with van der Waals surface area (Å²) in [5.41, 5.74) is 5.58. The summed E-state index contributed by atoms with van der Waals surface area (Å²) in [4.78, 5) is 23.6. The number of rotatable bonds is 3. The molecule has 0 aliphatic rings. The second kappa shape index (κ2) is 6.51. The number of hydrogen-bond acceptors (Lipinski definition) is 3. The number of hydrogen-bond donors (Lipinski definition) is 2. The number of amides is 2. The normalized spacial score (nSPS) is 10.3. The number of carbonyl (C=O) groups is 2. The zero-order chi connectivity index (χ0) is 13.5. The van der Waals surface area contributed by atoms with Crippen molar-refractivity contribution >= 4 is 29.2 Å². The third kappa shape index (κ3) is 4.08. The molecule has 4 nitrogen and oxygen atoms in total. The monoisotopic (exact) mass is 272 g/mol. The van der Waals surface area contributed by atoms with Crippen molar-refractivity contribution in [1.82, 2.24) is 10.9 Å². The van der Waals surface area contributed by atoms with Crippen LogP contribution in [-0.4, -0.2) is 11.8 Å². The molecule has 0 fully saturated rings. The van der Waals surface area contributed by atoms with Crippen LogP contribution in [0, 0.1) is 0 Å². The van der Waals surface area contributed by atoms with E-state index in [9.17, 15) is 9.59 Å². The molecule has 0 saturated carbocycles. The maximum Gasteiger partial charge on any atom is 0.279 e. The van der Waals surface area contributed by atoms with Crippen LogP contribution >= 0.6 is 11.3 Å². The van der Waals surface area contributed by atoms with Crippen molar-refractivity contribution in [2.24, 2.45) is 0 Å². The van der Waals surface area contributed by atoms with Crippen molar-refractivity contribution in [1.29, 1.82) is 0 Å². The zero-order valence-corrected chi connectivity index (χ0v) is 10.8. The summed E-state index contributed by atoms with van der Waals surface area (Å²) in [5, 5.41) is 1.80. The fourth-order valence-electron chi connectivity index (χ4n) is 1.37. The molecule has 2 amide bonds. The third-order valence-corrected chi connectivity index (χ3v) is 3.14. The first-order valence-corrected chi connectivity index (χ1v) is 6.50. The lowest BCUT2D eigenvalue weighted by Gasteiger charge is -2.02. The van der Waals surface area contributed by atoms with Gasteiger partial charge in [-0.1, -0.05) is 36.4 Å². The minimum absolute atomic E-state index is 0.323. The summed E-state index contributed by atoms with van der Waals surface area (Å²) in [7, 11) is 0. The molecule has 2 aromatic rings. The maximum atomic E-state index is 11.5. The van der Waals surface area contributed by atoms with Gasteiger partial charge in [0.15, 0.2) is 0 Å². The molecule has 1 heterocycles. The van der Waals surface area contributed by atoms with E-state index >= 15 is 0 Å². The van der Waals surface area contributed by atoms with Gasteiger partial charge in [0.2, 0.25) is 0 Å². The van der Waals surface area contributed by atoms with Gasteiger partial charge in [0.25, 0.3) is 11.8 Å². The fraction of sp³-hybridized carbons (Fsp3) is 0. The Labute approximate surface area is 114 Å². The Kier molecular flexibility index (Phi) is 4.47. The topological polar surface area (TPSA) is 58.2 Å². The average Bonchev–Trinajstić information content (AvgIpc) is 2.98. The van der Waals surface area contributed by atoms with Crippen molar-refractivity contribution in [3.63, 3.8) is 0 Å². The van der Waals surface area contributed by atoms with E-state index in [1.54, 1.807) is 23.6 Å². The number of carbonyl (C=O) groups excluding carboxylic acids is 2. The van der Waals surface area contributed by atoms with Gasteiger partial charge in [0.05, 0.1) is 4.88 Å². The minimum Gasteiger partial charge on any atom is -0.268 e. The molecule has 0 aliphatic heterocycles. The third-order valence-electron chi connectivity index (χ3n) is 2.27. The molecule has 0 radical (unpaired) electrons. The van der Waals surface area contributed by atoms with E-state index < -0.39 is 0 Å². The lowest BCUT2D eigenvalue weighted by atomic mass is 10.2. The lowest BCUT2D eigenvalue weighted by Crippen LogP contribution is -2.40. The van der Waals surface area contributed by atoms with Gasteiger partial charge in [-0.3, -0.25) is 20.4 Å². The highest BCUT2D eigenvalue weighted by Gasteiger charge is 2.05. The fourth-order valence-corrected chi connectivity index (χ4v) is 1.98. The van der Waals surface area contributed by atoms with E-state index in [4.69, 9.17) is 0 Å². The van der Waals surface area contributed by atoms with Gasteiger partial charge < -0.3 is 0 Å². The molecule has 5 heteroatoms. The molecule has 1 aromatic carbocycles. The number of benzene rings is 1. The Hall–Kier alpha value is -2.40. The largest absolute Gasteiger partial charge is 0.279 e. The molecule has 0 aliphatic carbocycles. The van der Waals surface area contributed by atoms with Gasteiger partial charge >= 0.3 is 0 Å². The summed E-state index contributed by atoms with van der Waals surface area (Å²) >= 11 is 1.31. The van der Waals surface area contributed by atoms with E-state index in [0.29, 0.717) is 4.88 Å². The first-order valence-electron chi connectivity index (χ1n) is 5.62. The van der Waals surface area contributed by atoms with Crippen LogP contribution in [-0.2, 0) is 4.79 Å². The Balaban J connectivity index is 1.82. The molecule has 2 rings (SSSR count). The Bertz CT molecular complexity index is 577. The molecule has 0 spiro atoms. The van der Waals surface area contributed by atoms with Gasteiger partial charge in [-0.2, -0.15) is 0 Å². The standard InChI is InChI=1S/C14H12N2O2S/c17-13(9-8-11-5-2-1-3-6-11)15-16-14(18)12-7-4-10-19-12/h1-10H,(H,15,17)(H,16,18)/b9-8-. The highest BCUT2D eigenvalue weighted by Crippen LogP contribution is 2.07. The van der Waals surface area contributed by atoms with Crippen LogP contribution in [0.4, 0.5) is 0 Å². The van der Waals surface area contributed by atoms with E-state index in [-0.39, 0.29) is 11.8 Å². The van der Waals surface area contributed by atoms with Gasteiger partial charge in [0.1, 0.15) is 0 Å². The molecule has 0 unspecified atom stereocenters. The maximum absolute atomic E-state index is 11.5. The molecule has 96 valence electrons. The number of hydrazine groups is 1. The molecule has 1 aromatic heterocycles. The predicted molar refractivity (Wildman–Crippen MR) is 75.4 cm³/mol. The predicted octanol–water partition coefficient (Wildman–Crippen LogP) is 2.22.